The molecule has 0 unspecified atom stereocenters. The summed E-state index contributed by atoms with van der Waals surface area (Å²) in [6.45, 7) is 4.21. The molecule has 0 bridgehead atoms. The Labute approximate surface area is 201 Å². The molecule has 3 aromatic rings. The maximum absolute atomic E-state index is 12.6. The van der Waals surface area contributed by atoms with Gasteiger partial charge in [-0.05, 0) is 44.0 Å². The van der Waals surface area contributed by atoms with Crippen molar-refractivity contribution in [3.63, 3.8) is 0 Å². The first kappa shape index (κ1) is 26.0. The van der Waals surface area contributed by atoms with Crippen molar-refractivity contribution in [3.8, 4) is 5.75 Å². The van der Waals surface area contributed by atoms with Crippen LogP contribution < -0.4 is 15.4 Å². The molecule has 0 fully saturated rings. The van der Waals surface area contributed by atoms with Gasteiger partial charge in [0.05, 0.1) is 17.8 Å². The van der Waals surface area contributed by atoms with Gasteiger partial charge in [0, 0.05) is 28.4 Å². The SMILES string of the molecule is Cc1ccc(Nc2ncnn3cc(C(=O)N=S(C)(C)=O)c(C)c23)c(O[C@H](C)C(=O)NCC(F)F)c1. The molecule has 10 nitrogen and oxygen atoms in total. The summed E-state index contributed by atoms with van der Waals surface area (Å²) in [5, 5.41) is 9.40. The zero-order chi connectivity index (χ0) is 25.9. The minimum Gasteiger partial charge on any atom is -0.479 e. The molecule has 1 aromatic carbocycles. The van der Waals surface area contributed by atoms with Crippen molar-refractivity contribution in [1.82, 2.24) is 19.9 Å². The number of fused-ring (bicyclic) bond motifs is 1. The second-order valence-corrected chi connectivity index (χ2v) is 10.7. The van der Waals surface area contributed by atoms with Crippen LogP contribution in [0.25, 0.3) is 5.52 Å². The van der Waals surface area contributed by atoms with E-state index >= 15 is 0 Å². The summed E-state index contributed by atoms with van der Waals surface area (Å²) in [5.41, 5.74) is 2.54. The van der Waals surface area contributed by atoms with Gasteiger partial charge in [-0.2, -0.15) is 9.46 Å². The number of carbonyl (C=O) groups is 2. The Balaban J connectivity index is 1.95. The van der Waals surface area contributed by atoms with Crippen LogP contribution in [0.5, 0.6) is 5.75 Å². The van der Waals surface area contributed by atoms with E-state index in [0.29, 0.717) is 28.3 Å². The van der Waals surface area contributed by atoms with Crippen LogP contribution in [0, 0.1) is 13.8 Å². The molecule has 188 valence electrons. The van der Waals surface area contributed by atoms with Gasteiger partial charge in [0.25, 0.3) is 18.2 Å². The van der Waals surface area contributed by atoms with E-state index in [1.54, 1.807) is 19.1 Å². The summed E-state index contributed by atoms with van der Waals surface area (Å²) in [5.74, 6) is -0.667. The van der Waals surface area contributed by atoms with Crippen molar-refractivity contribution in [2.45, 2.75) is 33.3 Å². The minimum absolute atomic E-state index is 0.231. The molecule has 0 aliphatic heterocycles. The number of rotatable bonds is 8. The number of ether oxygens (including phenoxy) is 1. The number of aryl methyl sites for hydroxylation is 2. The molecular weight excluding hydrogens is 482 g/mol. The zero-order valence-corrected chi connectivity index (χ0v) is 20.7. The Morgan fingerprint density at radius 3 is 2.63 bits per heavy atom. The normalized spacial score (nSPS) is 12.5. The Morgan fingerprint density at radius 1 is 1.26 bits per heavy atom. The van der Waals surface area contributed by atoms with Gasteiger partial charge in [-0.25, -0.2) is 22.5 Å². The fourth-order valence-corrected chi connectivity index (χ4v) is 3.74. The summed E-state index contributed by atoms with van der Waals surface area (Å²) in [6, 6.07) is 5.22. The maximum atomic E-state index is 12.6. The van der Waals surface area contributed by atoms with Crippen molar-refractivity contribution in [3.05, 3.63) is 47.4 Å². The van der Waals surface area contributed by atoms with E-state index in [4.69, 9.17) is 4.74 Å². The van der Waals surface area contributed by atoms with Crippen molar-refractivity contribution >= 4 is 38.6 Å². The molecule has 2 amide bonds. The van der Waals surface area contributed by atoms with Gasteiger partial charge < -0.3 is 15.4 Å². The van der Waals surface area contributed by atoms with Gasteiger partial charge in [0.15, 0.2) is 11.9 Å². The summed E-state index contributed by atoms with van der Waals surface area (Å²) in [6.07, 6.45) is 1.81. The van der Waals surface area contributed by atoms with E-state index in [1.165, 1.54) is 36.5 Å². The van der Waals surface area contributed by atoms with Crippen molar-refractivity contribution in [1.29, 1.82) is 0 Å². The van der Waals surface area contributed by atoms with Gasteiger partial charge in [-0.1, -0.05) is 6.07 Å². The third-order valence-electron chi connectivity index (χ3n) is 4.85. The number of anilines is 2. The number of nitrogens with one attached hydrogen (secondary N) is 2. The molecule has 0 saturated heterocycles. The molecule has 0 radical (unpaired) electrons. The Bertz CT molecular complexity index is 1390. The lowest BCUT2D eigenvalue weighted by molar-refractivity contribution is -0.127. The van der Waals surface area contributed by atoms with Crippen LogP contribution in [-0.4, -0.2) is 62.2 Å². The largest absolute Gasteiger partial charge is 0.479 e. The average Bonchev–Trinajstić information content (AvgIpc) is 3.10. The van der Waals surface area contributed by atoms with E-state index in [1.807, 2.05) is 13.0 Å². The van der Waals surface area contributed by atoms with Crippen LogP contribution in [0.4, 0.5) is 20.3 Å². The van der Waals surface area contributed by atoms with Gasteiger partial charge in [-0.15, -0.1) is 0 Å². The molecule has 13 heteroatoms. The number of amides is 2. The van der Waals surface area contributed by atoms with Crippen molar-refractivity contribution < 1.29 is 27.3 Å². The van der Waals surface area contributed by atoms with E-state index in [-0.39, 0.29) is 5.56 Å². The van der Waals surface area contributed by atoms with Crippen molar-refractivity contribution in [2.75, 3.05) is 24.4 Å². The van der Waals surface area contributed by atoms with E-state index in [0.717, 1.165) is 5.56 Å². The van der Waals surface area contributed by atoms with Crippen LogP contribution in [0.3, 0.4) is 0 Å². The van der Waals surface area contributed by atoms with E-state index < -0.39 is 40.6 Å². The number of alkyl halides is 2. The molecule has 0 spiro atoms. The summed E-state index contributed by atoms with van der Waals surface area (Å²) >= 11 is 0. The molecule has 0 aliphatic rings. The molecule has 1 atom stereocenters. The number of halogens is 2. The second-order valence-electron chi connectivity index (χ2n) is 8.17. The first-order chi connectivity index (χ1) is 16.4. The number of hydrogen-bond donors (Lipinski definition) is 2. The number of hydrogen-bond acceptors (Lipinski definition) is 7. The summed E-state index contributed by atoms with van der Waals surface area (Å²) < 4.78 is 47.8. The number of benzene rings is 1. The predicted molar refractivity (Wildman–Crippen MR) is 128 cm³/mol. The van der Waals surface area contributed by atoms with Crippen LogP contribution >= 0.6 is 0 Å². The van der Waals surface area contributed by atoms with E-state index in [2.05, 4.69) is 25.1 Å². The molecular formula is C22H26F2N6O4S. The molecule has 0 saturated carbocycles. The highest BCUT2D eigenvalue weighted by Gasteiger charge is 2.21. The predicted octanol–water partition coefficient (Wildman–Crippen LogP) is 3.11. The highest BCUT2D eigenvalue weighted by Crippen LogP contribution is 2.32. The lowest BCUT2D eigenvalue weighted by Crippen LogP contribution is -2.38. The average molecular weight is 509 g/mol. The quantitative estimate of drug-likeness (QED) is 0.479. The standard InChI is InChI=1S/C22H26F2N6O4S/c1-12-6-7-16(17(8-12)34-14(3)21(31)25-9-18(23)24)28-20-19-13(2)15(10-30(19)27-11-26-20)22(32)29-35(4,5)33/h6-8,10-11,14,18H,9H2,1-5H3,(H,25,31)(H,26,27,28)/t14-/m1/s1. The maximum Gasteiger partial charge on any atom is 0.286 e. The number of carbonyl (C=O) groups excluding carboxylic acids is 2. The first-order valence-corrected chi connectivity index (χ1v) is 12.8. The topological polar surface area (TPSA) is 127 Å². The second kappa shape index (κ2) is 10.3. The third-order valence-corrected chi connectivity index (χ3v) is 5.46. The molecule has 2 heterocycles. The smallest absolute Gasteiger partial charge is 0.286 e. The number of nitrogens with zero attached hydrogens (tertiary/aromatic N) is 4. The van der Waals surface area contributed by atoms with E-state index in [9.17, 15) is 22.6 Å². The molecule has 0 aliphatic carbocycles. The minimum atomic E-state index is -2.67. The van der Waals surface area contributed by atoms with Crippen LogP contribution in [0.1, 0.15) is 28.4 Å². The molecule has 2 N–H and O–H groups in total. The Kier molecular flexibility index (Phi) is 7.68. The Morgan fingerprint density at radius 2 is 1.97 bits per heavy atom. The number of aromatic nitrogens is 3. The molecule has 3 rings (SSSR count). The van der Waals surface area contributed by atoms with Crippen molar-refractivity contribution in [2.24, 2.45) is 4.36 Å². The van der Waals surface area contributed by atoms with Crippen LogP contribution in [-0.2, 0) is 14.5 Å². The summed E-state index contributed by atoms with van der Waals surface area (Å²) in [4.78, 5) is 29.0. The van der Waals surface area contributed by atoms with Crippen LogP contribution in [0.2, 0.25) is 0 Å². The Hall–Kier alpha value is -3.61. The highest BCUT2D eigenvalue weighted by atomic mass is 32.2. The fraction of sp³-hybridized carbons (Fsp3) is 0.364. The lowest BCUT2D eigenvalue weighted by atomic mass is 10.1. The lowest BCUT2D eigenvalue weighted by Gasteiger charge is -2.18. The van der Waals surface area contributed by atoms with Gasteiger partial charge in [-0.3, -0.25) is 9.59 Å². The monoisotopic (exact) mass is 508 g/mol. The fourth-order valence-electron chi connectivity index (χ4n) is 3.24. The molecule has 2 aromatic heterocycles. The van der Waals surface area contributed by atoms with Crippen LogP contribution in [0.15, 0.2) is 35.1 Å². The highest BCUT2D eigenvalue weighted by molar-refractivity contribution is 7.92. The summed E-state index contributed by atoms with van der Waals surface area (Å²) in [7, 11) is -2.65. The molecule has 35 heavy (non-hydrogen) atoms. The first-order valence-electron chi connectivity index (χ1n) is 10.5. The third kappa shape index (κ3) is 6.50. The van der Waals surface area contributed by atoms with Gasteiger partial charge in [0.2, 0.25) is 0 Å². The van der Waals surface area contributed by atoms with Gasteiger partial charge >= 0.3 is 0 Å². The van der Waals surface area contributed by atoms with Gasteiger partial charge in [0.1, 0.15) is 17.6 Å². The zero-order valence-electron chi connectivity index (χ0n) is 19.8.